The third kappa shape index (κ3) is 3.63. The molecule has 38 heavy (non-hydrogen) atoms. The van der Waals surface area contributed by atoms with Crippen molar-refractivity contribution in [1.29, 1.82) is 0 Å². The topological polar surface area (TPSA) is 94.5 Å². The van der Waals surface area contributed by atoms with Crippen molar-refractivity contribution in [1.82, 2.24) is 9.29 Å². The van der Waals surface area contributed by atoms with Gasteiger partial charge in [-0.15, -0.1) is 0 Å². The summed E-state index contributed by atoms with van der Waals surface area (Å²) in [6.07, 6.45) is 8.93. The SMILES string of the molecule is COc1ccc2c(c1)C1CC1(C=O)Cn1c-2c(C2CCCCC2)c2ccc(C(=O)NS(=O)(=O)C3CC3)cc21. The lowest BCUT2D eigenvalue weighted by molar-refractivity contribution is -0.112. The Morgan fingerprint density at radius 2 is 1.87 bits per heavy atom. The van der Waals surface area contributed by atoms with Crippen LogP contribution in [0.25, 0.3) is 22.2 Å². The van der Waals surface area contributed by atoms with E-state index in [1.807, 2.05) is 18.2 Å². The van der Waals surface area contributed by atoms with Crippen LogP contribution < -0.4 is 9.46 Å². The predicted molar refractivity (Wildman–Crippen MR) is 145 cm³/mol. The minimum Gasteiger partial charge on any atom is -0.497 e. The molecule has 3 saturated carbocycles. The second-order valence-electron chi connectivity index (χ2n) is 11.7. The highest BCUT2D eigenvalue weighted by molar-refractivity contribution is 7.91. The Balaban J connectivity index is 1.44. The first-order valence-electron chi connectivity index (χ1n) is 13.7. The first kappa shape index (κ1) is 23.9. The monoisotopic (exact) mass is 532 g/mol. The molecule has 0 radical (unpaired) electrons. The number of carbonyl (C=O) groups excluding carboxylic acids is 2. The zero-order valence-electron chi connectivity index (χ0n) is 21.5. The molecule has 0 bridgehead atoms. The fourth-order valence-corrected chi connectivity index (χ4v) is 8.28. The zero-order chi connectivity index (χ0) is 26.2. The van der Waals surface area contributed by atoms with Crippen LogP contribution in [0.2, 0.25) is 0 Å². The van der Waals surface area contributed by atoms with Crippen molar-refractivity contribution in [2.24, 2.45) is 5.41 Å². The van der Waals surface area contributed by atoms with Gasteiger partial charge >= 0.3 is 0 Å². The number of carbonyl (C=O) groups is 2. The van der Waals surface area contributed by atoms with Crippen molar-refractivity contribution in [3.05, 3.63) is 53.1 Å². The van der Waals surface area contributed by atoms with Crippen LogP contribution >= 0.6 is 0 Å². The molecule has 2 unspecified atom stereocenters. The Morgan fingerprint density at radius 3 is 2.58 bits per heavy atom. The molecule has 2 heterocycles. The van der Waals surface area contributed by atoms with Crippen LogP contribution in [0.3, 0.4) is 0 Å². The van der Waals surface area contributed by atoms with Crippen LogP contribution in [0.5, 0.6) is 5.75 Å². The van der Waals surface area contributed by atoms with Crippen molar-refractivity contribution >= 4 is 33.1 Å². The molecule has 7 nitrogen and oxygen atoms in total. The van der Waals surface area contributed by atoms with Gasteiger partial charge in [0.05, 0.1) is 23.5 Å². The standard InChI is InChI=1S/C30H32N2O5S/c1-37-20-8-12-22-24(14-20)25-15-30(25,17-33)16-32-26-13-19(29(34)31-38(35,36)21-9-10-21)7-11-23(26)27(28(22)32)18-5-3-2-4-6-18/h7-8,11-14,17-18,21,25H,2-6,9-10,15-16H2,1H3,(H,31,34). The number of hydrogen-bond acceptors (Lipinski definition) is 5. The van der Waals surface area contributed by atoms with E-state index in [-0.39, 0.29) is 5.92 Å². The Labute approximate surface area is 222 Å². The number of nitrogens with zero attached hydrogens (tertiary/aromatic N) is 1. The highest BCUT2D eigenvalue weighted by atomic mass is 32.2. The van der Waals surface area contributed by atoms with Gasteiger partial charge in [0.25, 0.3) is 5.91 Å². The van der Waals surface area contributed by atoms with Gasteiger partial charge in [-0.05, 0) is 85.4 Å². The molecule has 3 aliphatic carbocycles. The molecule has 1 aliphatic heterocycles. The summed E-state index contributed by atoms with van der Waals surface area (Å²) >= 11 is 0. The summed E-state index contributed by atoms with van der Waals surface area (Å²) in [5.41, 5.74) is 5.46. The van der Waals surface area contributed by atoms with E-state index in [1.54, 1.807) is 13.2 Å². The number of nitrogens with one attached hydrogen (secondary N) is 1. The van der Waals surface area contributed by atoms with Crippen LogP contribution in [-0.4, -0.2) is 37.5 Å². The first-order chi connectivity index (χ1) is 18.3. The van der Waals surface area contributed by atoms with Crippen molar-refractivity contribution in [3.63, 3.8) is 0 Å². The van der Waals surface area contributed by atoms with Gasteiger partial charge in [-0.1, -0.05) is 25.3 Å². The summed E-state index contributed by atoms with van der Waals surface area (Å²) in [4.78, 5) is 25.6. The molecular weight excluding hydrogens is 500 g/mol. The number of aromatic nitrogens is 1. The smallest absolute Gasteiger partial charge is 0.264 e. The molecule has 8 heteroatoms. The quantitative estimate of drug-likeness (QED) is 0.437. The molecule has 198 valence electrons. The number of fused-ring (bicyclic) bond motifs is 7. The average Bonchev–Trinajstić information content (AvgIpc) is 3.85. The normalized spacial score (nSPS) is 24.6. The fourth-order valence-electron chi connectivity index (χ4n) is 6.98. The summed E-state index contributed by atoms with van der Waals surface area (Å²) < 4.78 is 35.0. The van der Waals surface area contributed by atoms with E-state index in [0.29, 0.717) is 30.9 Å². The number of benzene rings is 2. The summed E-state index contributed by atoms with van der Waals surface area (Å²) in [6.45, 7) is 0.544. The first-order valence-corrected chi connectivity index (χ1v) is 15.3. The Bertz CT molecular complexity index is 1600. The Morgan fingerprint density at radius 1 is 1.08 bits per heavy atom. The average molecular weight is 533 g/mol. The van der Waals surface area contributed by atoms with E-state index in [9.17, 15) is 18.0 Å². The van der Waals surface area contributed by atoms with E-state index in [0.717, 1.165) is 59.0 Å². The number of amides is 1. The molecule has 0 spiro atoms. The molecule has 4 aliphatic rings. The van der Waals surface area contributed by atoms with Gasteiger partial charge in [0.1, 0.15) is 12.0 Å². The second-order valence-corrected chi connectivity index (χ2v) is 13.6. The van der Waals surface area contributed by atoms with Crippen LogP contribution in [0.15, 0.2) is 36.4 Å². The van der Waals surface area contributed by atoms with E-state index in [4.69, 9.17) is 4.74 Å². The second kappa shape index (κ2) is 8.43. The van der Waals surface area contributed by atoms with Crippen molar-refractivity contribution in [2.45, 2.75) is 75.0 Å². The minimum absolute atomic E-state index is 0.134. The lowest BCUT2D eigenvalue weighted by Gasteiger charge is -2.24. The van der Waals surface area contributed by atoms with Gasteiger partial charge in [-0.3, -0.25) is 4.79 Å². The van der Waals surface area contributed by atoms with Gasteiger partial charge in [0.2, 0.25) is 10.0 Å². The zero-order valence-corrected chi connectivity index (χ0v) is 22.4. The molecule has 1 aromatic heterocycles. The summed E-state index contributed by atoms with van der Waals surface area (Å²) in [6, 6.07) is 11.8. The summed E-state index contributed by atoms with van der Waals surface area (Å²) in [5, 5.41) is 0.626. The van der Waals surface area contributed by atoms with E-state index >= 15 is 0 Å². The van der Waals surface area contributed by atoms with Gasteiger partial charge in [-0.2, -0.15) is 0 Å². The molecular formula is C30H32N2O5S. The van der Waals surface area contributed by atoms with Crippen molar-refractivity contribution in [2.75, 3.05) is 7.11 Å². The predicted octanol–water partition coefficient (Wildman–Crippen LogP) is 5.27. The number of ether oxygens (including phenoxy) is 1. The van der Waals surface area contributed by atoms with Crippen LogP contribution in [0.1, 0.15) is 84.7 Å². The van der Waals surface area contributed by atoms with Crippen LogP contribution in [-0.2, 0) is 21.4 Å². The van der Waals surface area contributed by atoms with Crippen LogP contribution in [0.4, 0.5) is 0 Å². The number of sulfonamides is 1. The number of hydrogen-bond donors (Lipinski definition) is 1. The number of rotatable bonds is 6. The maximum atomic E-state index is 13.1. The lowest BCUT2D eigenvalue weighted by Crippen LogP contribution is -2.33. The van der Waals surface area contributed by atoms with Gasteiger partial charge in [-0.25, -0.2) is 13.1 Å². The third-order valence-corrected chi connectivity index (χ3v) is 11.1. The van der Waals surface area contributed by atoms with Gasteiger partial charge in [0.15, 0.2) is 0 Å². The van der Waals surface area contributed by atoms with Gasteiger partial charge in [0, 0.05) is 28.6 Å². The Hall–Kier alpha value is -3.13. The molecule has 0 saturated heterocycles. The molecule has 2 atom stereocenters. The summed E-state index contributed by atoms with van der Waals surface area (Å²) in [7, 11) is -1.98. The molecule has 3 fully saturated rings. The van der Waals surface area contributed by atoms with Crippen molar-refractivity contribution < 1.29 is 22.7 Å². The molecule has 1 amide bonds. The third-order valence-electron chi connectivity index (χ3n) is 9.27. The number of aldehydes is 1. The maximum Gasteiger partial charge on any atom is 0.264 e. The van der Waals surface area contributed by atoms with E-state index < -0.39 is 26.6 Å². The molecule has 1 N–H and O–H groups in total. The highest BCUT2D eigenvalue weighted by Crippen LogP contribution is 2.64. The molecule has 2 aromatic carbocycles. The Kier molecular flexibility index (Phi) is 5.32. The van der Waals surface area contributed by atoms with Crippen LogP contribution in [0, 0.1) is 5.41 Å². The van der Waals surface area contributed by atoms with E-state index in [2.05, 4.69) is 21.4 Å². The van der Waals surface area contributed by atoms with Crippen molar-refractivity contribution in [3.8, 4) is 17.0 Å². The molecule has 7 rings (SSSR count). The largest absolute Gasteiger partial charge is 0.497 e. The number of methoxy groups -OCH3 is 1. The highest BCUT2D eigenvalue weighted by Gasteiger charge is 2.58. The van der Waals surface area contributed by atoms with Gasteiger partial charge < -0.3 is 14.1 Å². The van der Waals surface area contributed by atoms with E-state index in [1.165, 1.54) is 24.8 Å². The summed E-state index contributed by atoms with van der Waals surface area (Å²) in [5.74, 6) is 0.722. The molecule has 3 aromatic rings. The fraction of sp³-hybridized carbons (Fsp3) is 0.467. The minimum atomic E-state index is -3.65. The maximum absolute atomic E-state index is 13.1. The lowest BCUT2D eigenvalue weighted by atomic mass is 9.81.